The van der Waals surface area contributed by atoms with Gasteiger partial charge in [-0.3, -0.25) is 4.90 Å². The van der Waals surface area contributed by atoms with Gasteiger partial charge in [0.1, 0.15) is 0 Å². The molecule has 1 heterocycles. The van der Waals surface area contributed by atoms with Crippen LogP contribution in [0.25, 0.3) is 0 Å². The third-order valence-corrected chi connectivity index (χ3v) is 4.44. The van der Waals surface area contributed by atoms with Gasteiger partial charge in [-0.2, -0.15) is 0 Å². The van der Waals surface area contributed by atoms with E-state index in [1.54, 1.807) is 0 Å². The van der Waals surface area contributed by atoms with E-state index in [-0.39, 0.29) is 0 Å². The van der Waals surface area contributed by atoms with Crippen molar-refractivity contribution in [3.63, 3.8) is 0 Å². The minimum atomic E-state index is 0.507. The number of nitrogens with zero attached hydrogens (tertiary/aromatic N) is 1. The SMILES string of the molecule is CNCC1CCN(C(C)c2ccccc2Br)C1. The van der Waals surface area contributed by atoms with Gasteiger partial charge in [-0.15, -0.1) is 0 Å². The summed E-state index contributed by atoms with van der Waals surface area (Å²) in [5.74, 6) is 0.810. The lowest BCUT2D eigenvalue weighted by Gasteiger charge is -2.25. The minimum absolute atomic E-state index is 0.507. The summed E-state index contributed by atoms with van der Waals surface area (Å²) < 4.78 is 1.23. The van der Waals surface area contributed by atoms with E-state index in [0.29, 0.717) is 6.04 Å². The lowest BCUT2D eigenvalue weighted by molar-refractivity contribution is 0.251. The lowest BCUT2D eigenvalue weighted by atomic mass is 10.1. The molecule has 0 aliphatic carbocycles. The van der Waals surface area contributed by atoms with E-state index in [2.05, 4.69) is 57.3 Å². The van der Waals surface area contributed by atoms with Gasteiger partial charge < -0.3 is 5.32 Å². The Bertz CT molecular complexity index is 367. The highest BCUT2D eigenvalue weighted by Crippen LogP contribution is 2.31. The second kappa shape index (κ2) is 5.98. The molecule has 1 N–H and O–H groups in total. The van der Waals surface area contributed by atoms with Crippen LogP contribution in [-0.4, -0.2) is 31.6 Å². The molecular weight excluding hydrogens is 276 g/mol. The van der Waals surface area contributed by atoms with E-state index in [1.165, 1.54) is 29.5 Å². The van der Waals surface area contributed by atoms with Crippen LogP contribution in [0.3, 0.4) is 0 Å². The molecule has 0 spiro atoms. The molecule has 1 aliphatic heterocycles. The van der Waals surface area contributed by atoms with Crippen molar-refractivity contribution in [2.75, 3.05) is 26.7 Å². The van der Waals surface area contributed by atoms with Gasteiger partial charge in [0.05, 0.1) is 0 Å². The Labute approximate surface area is 113 Å². The number of hydrogen-bond donors (Lipinski definition) is 1. The molecule has 1 saturated heterocycles. The normalized spacial score (nSPS) is 22.9. The predicted molar refractivity (Wildman–Crippen MR) is 76.2 cm³/mol. The summed E-state index contributed by atoms with van der Waals surface area (Å²) in [5, 5.41) is 3.28. The fourth-order valence-corrected chi connectivity index (χ4v) is 3.30. The van der Waals surface area contributed by atoms with E-state index < -0.39 is 0 Å². The smallest absolute Gasteiger partial charge is 0.0331 e. The summed E-state index contributed by atoms with van der Waals surface area (Å²) in [5.41, 5.74) is 1.40. The Morgan fingerprint density at radius 1 is 1.47 bits per heavy atom. The van der Waals surface area contributed by atoms with Gasteiger partial charge in [-0.1, -0.05) is 34.1 Å². The fourth-order valence-electron chi connectivity index (χ4n) is 2.68. The Balaban J connectivity index is 2.02. The Hall–Kier alpha value is -0.380. The van der Waals surface area contributed by atoms with Crippen molar-refractivity contribution < 1.29 is 0 Å². The first-order valence-corrected chi connectivity index (χ1v) is 7.14. The van der Waals surface area contributed by atoms with Gasteiger partial charge >= 0.3 is 0 Å². The summed E-state index contributed by atoms with van der Waals surface area (Å²) in [7, 11) is 2.04. The van der Waals surface area contributed by atoms with Gasteiger partial charge in [-0.25, -0.2) is 0 Å². The predicted octanol–water partition coefficient (Wildman–Crippen LogP) is 3.05. The molecule has 0 bridgehead atoms. The second-order valence-corrected chi connectivity index (χ2v) is 5.76. The maximum atomic E-state index is 3.65. The van der Waals surface area contributed by atoms with Crippen molar-refractivity contribution in [3.05, 3.63) is 34.3 Å². The average molecular weight is 297 g/mol. The van der Waals surface area contributed by atoms with E-state index in [9.17, 15) is 0 Å². The van der Waals surface area contributed by atoms with Crippen LogP contribution in [0, 0.1) is 5.92 Å². The first-order chi connectivity index (χ1) is 8.22. The van der Waals surface area contributed by atoms with Gasteiger partial charge in [0, 0.05) is 17.1 Å². The molecule has 1 aromatic rings. The molecule has 0 aromatic heterocycles. The largest absolute Gasteiger partial charge is 0.319 e. The molecule has 0 saturated carbocycles. The molecule has 17 heavy (non-hydrogen) atoms. The molecular formula is C14H21BrN2. The monoisotopic (exact) mass is 296 g/mol. The van der Waals surface area contributed by atoms with Crippen LogP contribution in [0.1, 0.15) is 24.9 Å². The van der Waals surface area contributed by atoms with Gasteiger partial charge in [-0.05, 0) is 51.0 Å². The van der Waals surface area contributed by atoms with Crippen LogP contribution in [0.15, 0.2) is 28.7 Å². The zero-order valence-electron chi connectivity index (χ0n) is 10.6. The molecule has 0 amide bonds. The maximum Gasteiger partial charge on any atom is 0.0331 e. The van der Waals surface area contributed by atoms with Crippen molar-refractivity contribution in [1.29, 1.82) is 0 Å². The topological polar surface area (TPSA) is 15.3 Å². The molecule has 0 radical (unpaired) electrons. The van der Waals surface area contributed by atoms with Gasteiger partial charge in [0.2, 0.25) is 0 Å². The molecule has 2 atom stereocenters. The van der Waals surface area contributed by atoms with E-state index >= 15 is 0 Å². The lowest BCUT2D eigenvalue weighted by Crippen LogP contribution is -2.27. The van der Waals surface area contributed by atoms with Crippen LogP contribution in [-0.2, 0) is 0 Å². The highest BCUT2D eigenvalue weighted by atomic mass is 79.9. The molecule has 94 valence electrons. The van der Waals surface area contributed by atoms with Crippen molar-refractivity contribution in [2.45, 2.75) is 19.4 Å². The van der Waals surface area contributed by atoms with Crippen LogP contribution < -0.4 is 5.32 Å². The van der Waals surface area contributed by atoms with Gasteiger partial charge in [0.25, 0.3) is 0 Å². The molecule has 1 aliphatic rings. The number of rotatable bonds is 4. The molecule has 1 fully saturated rings. The van der Waals surface area contributed by atoms with Crippen LogP contribution in [0.4, 0.5) is 0 Å². The van der Waals surface area contributed by atoms with Crippen LogP contribution in [0.5, 0.6) is 0 Å². The summed E-state index contributed by atoms with van der Waals surface area (Å²) in [6.07, 6.45) is 1.32. The molecule has 3 heteroatoms. The van der Waals surface area contributed by atoms with Crippen molar-refractivity contribution in [2.24, 2.45) is 5.92 Å². The molecule has 2 unspecified atom stereocenters. The Morgan fingerprint density at radius 2 is 2.24 bits per heavy atom. The van der Waals surface area contributed by atoms with Crippen LogP contribution >= 0.6 is 15.9 Å². The molecule has 2 nitrogen and oxygen atoms in total. The number of halogens is 1. The third-order valence-electron chi connectivity index (χ3n) is 3.71. The second-order valence-electron chi connectivity index (χ2n) is 4.90. The fraction of sp³-hybridized carbons (Fsp3) is 0.571. The number of likely N-dealkylation sites (tertiary alicyclic amines) is 1. The first kappa shape index (κ1) is 13.1. The van der Waals surface area contributed by atoms with Crippen LogP contribution in [0.2, 0.25) is 0 Å². The zero-order chi connectivity index (χ0) is 12.3. The van der Waals surface area contributed by atoms with E-state index in [0.717, 1.165) is 12.5 Å². The highest BCUT2D eigenvalue weighted by molar-refractivity contribution is 9.10. The first-order valence-electron chi connectivity index (χ1n) is 6.35. The summed E-state index contributed by atoms with van der Waals surface area (Å²) in [6, 6.07) is 9.06. The maximum absolute atomic E-state index is 3.65. The van der Waals surface area contributed by atoms with Crippen molar-refractivity contribution >= 4 is 15.9 Å². The zero-order valence-corrected chi connectivity index (χ0v) is 12.2. The third kappa shape index (κ3) is 3.09. The average Bonchev–Trinajstić information content (AvgIpc) is 2.78. The van der Waals surface area contributed by atoms with E-state index in [4.69, 9.17) is 0 Å². The van der Waals surface area contributed by atoms with Crippen molar-refractivity contribution in [1.82, 2.24) is 10.2 Å². The highest BCUT2D eigenvalue weighted by Gasteiger charge is 2.26. The Morgan fingerprint density at radius 3 is 2.94 bits per heavy atom. The van der Waals surface area contributed by atoms with Gasteiger partial charge in [0.15, 0.2) is 0 Å². The number of benzene rings is 1. The molecule has 1 aromatic carbocycles. The van der Waals surface area contributed by atoms with E-state index in [1.807, 2.05) is 7.05 Å². The Kier molecular flexibility index (Phi) is 4.60. The summed E-state index contributed by atoms with van der Waals surface area (Å²) in [4.78, 5) is 2.59. The quantitative estimate of drug-likeness (QED) is 0.919. The number of nitrogens with one attached hydrogen (secondary N) is 1. The standard InChI is InChI=1S/C14H21BrN2/c1-11(13-5-3-4-6-14(13)15)17-8-7-12(10-17)9-16-2/h3-6,11-12,16H,7-10H2,1-2H3. The number of hydrogen-bond acceptors (Lipinski definition) is 2. The summed E-state index contributed by atoms with van der Waals surface area (Å²) >= 11 is 3.65. The molecule has 2 rings (SSSR count). The minimum Gasteiger partial charge on any atom is -0.319 e. The summed E-state index contributed by atoms with van der Waals surface area (Å²) in [6.45, 7) is 5.87. The van der Waals surface area contributed by atoms with Crippen molar-refractivity contribution in [3.8, 4) is 0 Å².